The molecular formula is C7H11F2NO. The molecule has 1 spiro atoms. The first kappa shape index (κ1) is 7.43. The van der Waals surface area contributed by atoms with Gasteiger partial charge in [-0.25, -0.2) is 8.78 Å². The molecule has 2 aliphatic heterocycles. The Hall–Kier alpha value is -0.220. The van der Waals surface area contributed by atoms with Gasteiger partial charge in [-0.2, -0.15) is 0 Å². The van der Waals surface area contributed by atoms with Gasteiger partial charge in [0, 0.05) is 25.9 Å². The SMILES string of the molecule is FC1(F)CCOC2(CNC2)C1. The van der Waals surface area contributed by atoms with E-state index in [9.17, 15) is 8.78 Å². The highest BCUT2D eigenvalue weighted by atomic mass is 19.3. The van der Waals surface area contributed by atoms with Gasteiger partial charge < -0.3 is 10.1 Å². The quantitative estimate of drug-likeness (QED) is 0.569. The van der Waals surface area contributed by atoms with Gasteiger partial charge >= 0.3 is 0 Å². The average molecular weight is 163 g/mol. The van der Waals surface area contributed by atoms with Gasteiger partial charge in [0.1, 0.15) is 0 Å². The summed E-state index contributed by atoms with van der Waals surface area (Å²) in [5.74, 6) is -2.50. The van der Waals surface area contributed by atoms with Gasteiger partial charge in [-0.15, -0.1) is 0 Å². The van der Waals surface area contributed by atoms with Crippen LogP contribution in [0.4, 0.5) is 8.78 Å². The molecule has 0 aromatic rings. The molecule has 0 radical (unpaired) electrons. The molecular weight excluding hydrogens is 152 g/mol. The zero-order valence-electron chi connectivity index (χ0n) is 6.20. The minimum absolute atomic E-state index is 0.104. The van der Waals surface area contributed by atoms with Gasteiger partial charge in [0.25, 0.3) is 5.92 Å². The normalized spacial score (nSPS) is 33.3. The molecule has 0 atom stereocenters. The van der Waals surface area contributed by atoms with Crippen molar-refractivity contribution in [1.29, 1.82) is 0 Å². The summed E-state index contributed by atoms with van der Waals surface area (Å²) >= 11 is 0. The fourth-order valence-corrected chi connectivity index (χ4v) is 1.66. The number of nitrogens with one attached hydrogen (secondary N) is 1. The number of rotatable bonds is 0. The Morgan fingerprint density at radius 3 is 2.36 bits per heavy atom. The van der Waals surface area contributed by atoms with Crippen LogP contribution in [-0.2, 0) is 4.74 Å². The first-order valence-electron chi connectivity index (χ1n) is 3.85. The zero-order valence-corrected chi connectivity index (χ0v) is 6.20. The number of halogens is 2. The monoisotopic (exact) mass is 163 g/mol. The van der Waals surface area contributed by atoms with E-state index in [2.05, 4.69) is 5.32 Å². The molecule has 0 amide bonds. The number of hydrogen-bond donors (Lipinski definition) is 1. The van der Waals surface area contributed by atoms with E-state index in [1.165, 1.54) is 0 Å². The average Bonchev–Trinajstić information content (AvgIpc) is 1.82. The van der Waals surface area contributed by atoms with Crippen molar-refractivity contribution in [3.63, 3.8) is 0 Å². The lowest BCUT2D eigenvalue weighted by atomic mass is 9.86. The molecule has 2 aliphatic rings. The van der Waals surface area contributed by atoms with Crippen LogP contribution in [-0.4, -0.2) is 31.2 Å². The van der Waals surface area contributed by atoms with Crippen LogP contribution in [0.15, 0.2) is 0 Å². The van der Waals surface area contributed by atoms with E-state index in [0.717, 1.165) is 0 Å². The van der Waals surface area contributed by atoms with Crippen molar-refractivity contribution in [2.45, 2.75) is 24.4 Å². The summed E-state index contributed by atoms with van der Waals surface area (Å²) in [6.07, 6.45) is -0.220. The Morgan fingerprint density at radius 1 is 1.27 bits per heavy atom. The van der Waals surface area contributed by atoms with Gasteiger partial charge in [0.05, 0.1) is 12.2 Å². The summed E-state index contributed by atoms with van der Waals surface area (Å²) < 4.78 is 30.9. The zero-order chi connectivity index (χ0) is 7.95. The molecule has 2 saturated heterocycles. The summed E-state index contributed by atoms with van der Waals surface area (Å²) in [5, 5.41) is 2.95. The Balaban J connectivity index is 2.03. The van der Waals surface area contributed by atoms with E-state index in [1.807, 2.05) is 0 Å². The van der Waals surface area contributed by atoms with Crippen molar-refractivity contribution in [2.75, 3.05) is 19.7 Å². The lowest BCUT2D eigenvalue weighted by Gasteiger charge is -2.47. The molecule has 0 aromatic carbocycles. The molecule has 11 heavy (non-hydrogen) atoms. The summed E-state index contributed by atoms with van der Waals surface area (Å²) in [4.78, 5) is 0. The molecule has 0 saturated carbocycles. The van der Waals surface area contributed by atoms with Gasteiger partial charge in [-0.05, 0) is 0 Å². The van der Waals surface area contributed by atoms with Crippen LogP contribution in [0.5, 0.6) is 0 Å². The van der Waals surface area contributed by atoms with E-state index >= 15 is 0 Å². The number of alkyl halides is 2. The molecule has 1 N–H and O–H groups in total. The van der Waals surface area contributed by atoms with Crippen LogP contribution in [0, 0.1) is 0 Å². The Bertz CT molecular complexity index is 168. The second kappa shape index (κ2) is 2.14. The van der Waals surface area contributed by atoms with Crippen molar-refractivity contribution in [3.05, 3.63) is 0 Å². The van der Waals surface area contributed by atoms with Crippen molar-refractivity contribution >= 4 is 0 Å². The maximum atomic E-state index is 12.8. The van der Waals surface area contributed by atoms with Crippen LogP contribution in [0.3, 0.4) is 0 Å². The lowest BCUT2D eigenvalue weighted by molar-refractivity contribution is -0.195. The van der Waals surface area contributed by atoms with Crippen LogP contribution < -0.4 is 5.32 Å². The first-order valence-corrected chi connectivity index (χ1v) is 3.85. The fraction of sp³-hybridized carbons (Fsp3) is 1.00. The molecule has 2 nitrogen and oxygen atoms in total. The first-order chi connectivity index (χ1) is 5.12. The maximum Gasteiger partial charge on any atom is 0.253 e. The van der Waals surface area contributed by atoms with E-state index in [4.69, 9.17) is 4.74 Å². The van der Waals surface area contributed by atoms with E-state index in [0.29, 0.717) is 13.1 Å². The van der Waals surface area contributed by atoms with Gasteiger partial charge in [-0.1, -0.05) is 0 Å². The fourth-order valence-electron chi connectivity index (χ4n) is 1.66. The second-order valence-corrected chi connectivity index (χ2v) is 3.42. The maximum absolute atomic E-state index is 12.8. The highest BCUT2D eigenvalue weighted by molar-refractivity contribution is 5.00. The molecule has 64 valence electrons. The Morgan fingerprint density at radius 2 is 2.00 bits per heavy atom. The number of hydrogen-bond acceptors (Lipinski definition) is 2. The van der Waals surface area contributed by atoms with Crippen LogP contribution in [0.1, 0.15) is 12.8 Å². The molecule has 2 rings (SSSR count). The summed E-state index contributed by atoms with van der Waals surface area (Å²) in [5.41, 5.74) is -0.526. The van der Waals surface area contributed by atoms with E-state index in [1.54, 1.807) is 0 Å². The van der Waals surface area contributed by atoms with Crippen molar-refractivity contribution in [2.24, 2.45) is 0 Å². The predicted octanol–water partition coefficient (Wildman–Crippen LogP) is 0.774. The van der Waals surface area contributed by atoms with Crippen molar-refractivity contribution in [1.82, 2.24) is 5.32 Å². The van der Waals surface area contributed by atoms with Crippen molar-refractivity contribution < 1.29 is 13.5 Å². The van der Waals surface area contributed by atoms with Crippen LogP contribution >= 0.6 is 0 Å². The molecule has 2 heterocycles. The third kappa shape index (κ3) is 1.25. The summed E-state index contributed by atoms with van der Waals surface area (Å²) in [6.45, 7) is 1.37. The highest BCUT2D eigenvalue weighted by Gasteiger charge is 2.50. The lowest BCUT2D eigenvalue weighted by Crippen LogP contribution is -2.65. The summed E-state index contributed by atoms with van der Waals surface area (Å²) in [7, 11) is 0. The summed E-state index contributed by atoms with van der Waals surface area (Å²) in [6, 6.07) is 0. The second-order valence-electron chi connectivity index (χ2n) is 3.42. The van der Waals surface area contributed by atoms with Crippen LogP contribution in [0.2, 0.25) is 0 Å². The minimum Gasteiger partial charge on any atom is -0.372 e. The minimum atomic E-state index is -2.50. The largest absolute Gasteiger partial charge is 0.372 e. The molecule has 0 unspecified atom stereocenters. The topological polar surface area (TPSA) is 21.3 Å². The molecule has 0 bridgehead atoms. The van der Waals surface area contributed by atoms with Gasteiger partial charge in [0.15, 0.2) is 0 Å². The predicted molar refractivity (Wildman–Crippen MR) is 35.7 cm³/mol. The van der Waals surface area contributed by atoms with Gasteiger partial charge in [0.2, 0.25) is 0 Å². The molecule has 0 aromatic heterocycles. The molecule has 4 heteroatoms. The molecule has 2 fully saturated rings. The van der Waals surface area contributed by atoms with E-state index in [-0.39, 0.29) is 19.4 Å². The van der Waals surface area contributed by atoms with Crippen molar-refractivity contribution in [3.8, 4) is 0 Å². The highest BCUT2D eigenvalue weighted by Crippen LogP contribution is 2.38. The third-order valence-corrected chi connectivity index (χ3v) is 2.35. The number of ether oxygens (including phenoxy) is 1. The Kier molecular flexibility index (Phi) is 1.44. The van der Waals surface area contributed by atoms with Crippen LogP contribution in [0.25, 0.3) is 0 Å². The molecule has 0 aliphatic carbocycles. The van der Waals surface area contributed by atoms with Gasteiger partial charge in [-0.3, -0.25) is 0 Å². The standard InChI is InChI=1S/C7H11F2NO/c8-7(9)1-2-11-6(3-7)4-10-5-6/h10H,1-5H2. The third-order valence-electron chi connectivity index (χ3n) is 2.35. The van der Waals surface area contributed by atoms with E-state index < -0.39 is 11.5 Å². The Labute approximate surface area is 63.9 Å². The smallest absolute Gasteiger partial charge is 0.253 e.